The van der Waals surface area contributed by atoms with Crippen LogP contribution in [-0.2, 0) is 13.1 Å². The molecule has 1 aromatic heterocycles. The molecule has 3 aromatic rings. The van der Waals surface area contributed by atoms with Gasteiger partial charge in [-0.25, -0.2) is 0 Å². The second kappa shape index (κ2) is 8.67. The van der Waals surface area contributed by atoms with Crippen LogP contribution < -0.4 is 0 Å². The first-order chi connectivity index (χ1) is 10.8. The average molecular weight is 368 g/mol. The smallest absolute Gasteiger partial charge is 0.0558 e. The van der Waals surface area contributed by atoms with Gasteiger partial charge in [0.25, 0.3) is 0 Å². The first-order valence-electron chi connectivity index (χ1n) is 7.29. The van der Waals surface area contributed by atoms with E-state index in [2.05, 4.69) is 28.5 Å². The average Bonchev–Trinajstić information content (AvgIpc) is 2.91. The highest BCUT2D eigenvalue weighted by Crippen LogP contribution is 2.29. The van der Waals surface area contributed by atoms with Gasteiger partial charge >= 0.3 is 0 Å². The normalized spacial score (nSPS) is 10.9. The SMILES string of the molecule is Cl.OCCN(Cc1ccccc1)Cc1csc2ccc(Cl)cc12. The van der Waals surface area contributed by atoms with Crippen LogP contribution in [0.4, 0.5) is 0 Å². The van der Waals surface area contributed by atoms with Crippen molar-refractivity contribution in [2.24, 2.45) is 0 Å². The van der Waals surface area contributed by atoms with Crippen molar-refractivity contribution in [3.63, 3.8) is 0 Å². The van der Waals surface area contributed by atoms with Crippen LogP contribution in [0.3, 0.4) is 0 Å². The molecular formula is C18H19Cl2NOS. The molecule has 1 N–H and O–H groups in total. The van der Waals surface area contributed by atoms with Crippen LogP contribution in [-0.4, -0.2) is 23.2 Å². The molecule has 0 atom stereocenters. The highest BCUT2D eigenvalue weighted by Gasteiger charge is 2.11. The largest absolute Gasteiger partial charge is 0.395 e. The summed E-state index contributed by atoms with van der Waals surface area (Å²) < 4.78 is 1.25. The van der Waals surface area contributed by atoms with Crippen molar-refractivity contribution < 1.29 is 5.11 Å². The maximum absolute atomic E-state index is 9.34. The second-order valence-corrected chi connectivity index (χ2v) is 6.67. The van der Waals surface area contributed by atoms with E-state index in [9.17, 15) is 5.11 Å². The van der Waals surface area contributed by atoms with Gasteiger partial charge < -0.3 is 5.11 Å². The van der Waals surface area contributed by atoms with E-state index in [0.717, 1.165) is 18.1 Å². The molecule has 0 fully saturated rings. The molecule has 0 unspecified atom stereocenters. The second-order valence-electron chi connectivity index (χ2n) is 5.32. The van der Waals surface area contributed by atoms with Gasteiger partial charge in [0.05, 0.1) is 6.61 Å². The third-order valence-electron chi connectivity index (χ3n) is 3.67. The predicted octanol–water partition coefficient (Wildman–Crippen LogP) is 4.97. The fourth-order valence-electron chi connectivity index (χ4n) is 2.61. The molecule has 0 bridgehead atoms. The van der Waals surface area contributed by atoms with Crippen molar-refractivity contribution in [2.75, 3.05) is 13.2 Å². The Morgan fingerprint density at radius 3 is 2.57 bits per heavy atom. The van der Waals surface area contributed by atoms with Crippen molar-refractivity contribution in [1.29, 1.82) is 0 Å². The van der Waals surface area contributed by atoms with Crippen LogP contribution in [0.25, 0.3) is 10.1 Å². The monoisotopic (exact) mass is 367 g/mol. The zero-order valence-electron chi connectivity index (χ0n) is 12.6. The maximum Gasteiger partial charge on any atom is 0.0558 e. The minimum Gasteiger partial charge on any atom is -0.395 e. The molecule has 5 heteroatoms. The van der Waals surface area contributed by atoms with Gasteiger partial charge in [0.2, 0.25) is 0 Å². The van der Waals surface area contributed by atoms with E-state index in [-0.39, 0.29) is 19.0 Å². The van der Waals surface area contributed by atoms with Crippen molar-refractivity contribution in [1.82, 2.24) is 4.90 Å². The zero-order valence-corrected chi connectivity index (χ0v) is 15.0. The van der Waals surface area contributed by atoms with Gasteiger partial charge in [-0.15, -0.1) is 23.7 Å². The summed E-state index contributed by atoms with van der Waals surface area (Å²) in [6, 6.07) is 16.4. The van der Waals surface area contributed by atoms with Gasteiger partial charge in [-0.05, 0) is 40.1 Å². The van der Waals surface area contributed by atoms with E-state index in [1.54, 1.807) is 11.3 Å². The van der Waals surface area contributed by atoms with Crippen LogP contribution in [0.2, 0.25) is 5.02 Å². The third-order valence-corrected chi connectivity index (χ3v) is 4.92. The molecule has 2 nitrogen and oxygen atoms in total. The van der Waals surface area contributed by atoms with Gasteiger partial charge in [0.15, 0.2) is 0 Å². The molecule has 0 aliphatic heterocycles. The summed E-state index contributed by atoms with van der Waals surface area (Å²) in [5, 5.41) is 13.5. The molecule has 0 spiro atoms. The molecule has 0 amide bonds. The van der Waals surface area contributed by atoms with E-state index in [1.165, 1.54) is 21.2 Å². The number of nitrogens with zero attached hydrogens (tertiary/aromatic N) is 1. The number of benzene rings is 2. The molecule has 1 heterocycles. The fraction of sp³-hybridized carbons (Fsp3) is 0.222. The number of aliphatic hydroxyl groups excluding tert-OH is 1. The fourth-order valence-corrected chi connectivity index (χ4v) is 3.72. The molecule has 0 radical (unpaired) electrons. The summed E-state index contributed by atoms with van der Waals surface area (Å²) in [7, 11) is 0. The molecule has 0 saturated carbocycles. The van der Waals surface area contributed by atoms with E-state index in [1.807, 2.05) is 30.3 Å². The lowest BCUT2D eigenvalue weighted by molar-refractivity contribution is 0.185. The van der Waals surface area contributed by atoms with E-state index < -0.39 is 0 Å². The topological polar surface area (TPSA) is 23.5 Å². The van der Waals surface area contributed by atoms with Crippen LogP contribution in [0, 0.1) is 0 Å². The Kier molecular flexibility index (Phi) is 6.88. The lowest BCUT2D eigenvalue weighted by atomic mass is 10.1. The summed E-state index contributed by atoms with van der Waals surface area (Å²) in [6.45, 7) is 2.47. The lowest BCUT2D eigenvalue weighted by Crippen LogP contribution is -2.25. The summed E-state index contributed by atoms with van der Waals surface area (Å²) >= 11 is 7.87. The molecule has 0 saturated heterocycles. The van der Waals surface area contributed by atoms with Crippen LogP contribution >= 0.6 is 35.3 Å². The van der Waals surface area contributed by atoms with E-state index in [4.69, 9.17) is 11.6 Å². The summed E-state index contributed by atoms with van der Waals surface area (Å²) in [4.78, 5) is 2.26. The van der Waals surface area contributed by atoms with E-state index >= 15 is 0 Å². The van der Waals surface area contributed by atoms with Crippen LogP contribution in [0.1, 0.15) is 11.1 Å². The molecule has 0 aliphatic rings. The molecule has 122 valence electrons. The third kappa shape index (κ3) is 4.69. The summed E-state index contributed by atoms with van der Waals surface area (Å²) in [5.41, 5.74) is 2.53. The van der Waals surface area contributed by atoms with Gasteiger partial charge in [-0.1, -0.05) is 41.9 Å². The number of aliphatic hydroxyl groups is 1. The number of hydrogen-bond acceptors (Lipinski definition) is 3. The lowest BCUT2D eigenvalue weighted by Gasteiger charge is -2.21. The number of rotatable bonds is 6. The number of thiophene rings is 1. The van der Waals surface area contributed by atoms with Gasteiger partial charge in [0, 0.05) is 29.4 Å². The van der Waals surface area contributed by atoms with E-state index in [0.29, 0.717) is 6.54 Å². The van der Waals surface area contributed by atoms with Crippen molar-refractivity contribution in [2.45, 2.75) is 13.1 Å². The molecule has 2 aromatic carbocycles. The Labute approximate surface area is 151 Å². The minimum atomic E-state index is 0. The highest BCUT2D eigenvalue weighted by atomic mass is 35.5. The first kappa shape index (κ1) is 18.2. The van der Waals surface area contributed by atoms with Gasteiger partial charge in [-0.2, -0.15) is 0 Å². The first-order valence-corrected chi connectivity index (χ1v) is 8.55. The van der Waals surface area contributed by atoms with Crippen molar-refractivity contribution >= 4 is 45.4 Å². The highest BCUT2D eigenvalue weighted by molar-refractivity contribution is 7.17. The Morgan fingerprint density at radius 1 is 1.04 bits per heavy atom. The molecule has 23 heavy (non-hydrogen) atoms. The Morgan fingerprint density at radius 2 is 1.83 bits per heavy atom. The van der Waals surface area contributed by atoms with Crippen LogP contribution in [0.5, 0.6) is 0 Å². The zero-order chi connectivity index (χ0) is 15.4. The molecule has 3 rings (SSSR count). The van der Waals surface area contributed by atoms with Crippen LogP contribution in [0.15, 0.2) is 53.9 Å². The van der Waals surface area contributed by atoms with Gasteiger partial charge in [0.1, 0.15) is 0 Å². The molecule has 0 aliphatic carbocycles. The quantitative estimate of drug-likeness (QED) is 0.664. The number of halogens is 2. The summed E-state index contributed by atoms with van der Waals surface area (Å²) in [5.74, 6) is 0. The number of fused-ring (bicyclic) bond motifs is 1. The Hall–Kier alpha value is -1.10. The van der Waals surface area contributed by atoms with Crippen molar-refractivity contribution in [3.05, 3.63) is 70.1 Å². The standard InChI is InChI=1S/C18H18ClNOS.ClH/c19-16-6-7-18-17(10-16)15(13-22-18)12-20(8-9-21)11-14-4-2-1-3-5-14;/h1-7,10,13,21H,8-9,11-12H2;1H. The van der Waals surface area contributed by atoms with Crippen molar-refractivity contribution in [3.8, 4) is 0 Å². The Bertz CT molecular complexity index is 745. The minimum absolute atomic E-state index is 0. The number of hydrogen-bond donors (Lipinski definition) is 1. The predicted molar refractivity (Wildman–Crippen MR) is 102 cm³/mol. The maximum atomic E-state index is 9.34. The Balaban J connectivity index is 0.00000192. The summed E-state index contributed by atoms with van der Waals surface area (Å²) in [6.07, 6.45) is 0. The van der Waals surface area contributed by atoms with Gasteiger partial charge in [-0.3, -0.25) is 4.90 Å². The molecular weight excluding hydrogens is 349 g/mol.